The Morgan fingerprint density at radius 2 is 1.65 bits per heavy atom. The van der Waals surface area contributed by atoms with E-state index in [0.717, 1.165) is 35.5 Å². The second-order valence-electron chi connectivity index (χ2n) is 8.37. The average molecular weight is 455 g/mol. The first-order valence-corrected chi connectivity index (χ1v) is 11.3. The number of carbonyl (C=O) groups is 2. The summed E-state index contributed by atoms with van der Waals surface area (Å²) in [4.78, 5) is 29.2. The zero-order valence-electron chi connectivity index (χ0n) is 19.2. The first-order valence-electron chi connectivity index (χ1n) is 11.3. The molecule has 5 rings (SSSR count). The van der Waals surface area contributed by atoms with E-state index in [1.807, 2.05) is 60.7 Å². The number of rotatable bonds is 4. The minimum atomic E-state index is -0.619. The Hall–Kier alpha value is -4.06. The van der Waals surface area contributed by atoms with Crippen LogP contribution in [0.5, 0.6) is 11.5 Å². The SMILES string of the molecule is COc1ccc(C2C3=C(CCCC3=O)Nc3ccccc3N2C(=O)c2ccccc2)cc1OC. The first-order chi connectivity index (χ1) is 16.6. The molecule has 0 aromatic heterocycles. The molecule has 1 aliphatic carbocycles. The minimum Gasteiger partial charge on any atom is -0.493 e. The Morgan fingerprint density at radius 3 is 2.41 bits per heavy atom. The van der Waals surface area contributed by atoms with Gasteiger partial charge in [0, 0.05) is 23.3 Å². The summed E-state index contributed by atoms with van der Waals surface area (Å²) in [6, 6.07) is 21.8. The molecule has 34 heavy (non-hydrogen) atoms. The van der Waals surface area contributed by atoms with Gasteiger partial charge in [-0.25, -0.2) is 0 Å². The summed E-state index contributed by atoms with van der Waals surface area (Å²) in [5.74, 6) is 1.00. The van der Waals surface area contributed by atoms with Gasteiger partial charge in [0.05, 0.1) is 31.6 Å². The van der Waals surface area contributed by atoms with Gasteiger partial charge in [0.25, 0.3) is 5.91 Å². The second-order valence-corrected chi connectivity index (χ2v) is 8.37. The predicted molar refractivity (Wildman–Crippen MR) is 131 cm³/mol. The largest absolute Gasteiger partial charge is 0.493 e. The molecule has 0 saturated carbocycles. The molecule has 0 spiro atoms. The third-order valence-corrected chi connectivity index (χ3v) is 6.40. The van der Waals surface area contributed by atoms with Gasteiger partial charge in [-0.1, -0.05) is 36.4 Å². The molecule has 3 aromatic rings. The first kappa shape index (κ1) is 21.8. The number of anilines is 2. The summed E-state index contributed by atoms with van der Waals surface area (Å²) in [5, 5.41) is 3.49. The number of ether oxygens (including phenoxy) is 2. The van der Waals surface area contributed by atoms with Gasteiger partial charge in [-0.3, -0.25) is 14.5 Å². The monoisotopic (exact) mass is 454 g/mol. The molecule has 0 bridgehead atoms. The summed E-state index contributed by atoms with van der Waals surface area (Å²) >= 11 is 0. The number of methoxy groups -OCH3 is 2. The maximum Gasteiger partial charge on any atom is 0.259 e. The number of fused-ring (bicyclic) bond motifs is 1. The van der Waals surface area contributed by atoms with Crippen LogP contribution in [0.25, 0.3) is 0 Å². The maximum absolute atomic E-state index is 14.1. The normalized spacial score (nSPS) is 17.3. The van der Waals surface area contributed by atoms with E-state index in [2.05, 4.69) is 5.32 Å². The number of para-hydroxylation sites is 2. The Labute approximate surface area is 198 Å². The van der Waals surface area contributed by atoms with Gasteiger partial charge < -0.3 is 14.8 Å². The lowest BCUT2D eigenvalue weighted by molar-refractivity contribution is -0.116. The highest BCUT2D eigenvalue weighted by Gasteiger charge is 2.40. The number of carbonyl (C=O) groups excluding carboxylic acids is 2. The van der Waals surface area contributed by atoms with Crippen LogP contribution in [0.1, 0.15) is 41.2 Å². The zero-order valence-corrected chi connectivity index (χ0v) is 19.2. The van der Waals surface area contributed by atoms with Crippen LogP contribution in [0.4, 0.5) is 11.4 Å². The number of benzene rings is 3. The molecular weight excluding hydrogens is 428 g/mol. The number of nitrogens with one attached hydrogen (secondary N) is 1. The number of ketones is 1. The van der Waals surface area contributed by atoms with Gasteiger partial charge in [0.1, 0.15) is 0 Å². The quantitative estimate of drug-likeness (QED) is 0.562. The lowest BCUT2D eigenvalue weighted by Gasteiger charge is -2.34. The summed E-state index contributed by atoms with van der Waals surface area (Å²) in [6.45, 7) is 0. The number of amides is 1. The summed E-state index contributed by atoms with van der Waals surface area (Å²) in [6.07, 6.45) is 1.97. The van der Waals surface area contributed by atoms with Crippen LogP contribution in [0.3, 0.4) is 0 Å². The Kier molecular flexibility index (Phi) is 5.80. The molecule has 1 unspecified atom stereocenters. The molecule has 172 valence electrons. The van der Waals surface area contributed by atoms with E-state index in [1.54, 1.807) is 31.3 Å². The van der Waals surface area contributed by atoms with Crippen molar-refractivity contribution in [2.24, 2.45) is 0 Å². The fraction of sp³-hybridized carbons (Fsp3) is 0.214. The number of hydrogen-bond donors (Lipinski definition) is 1. The van der Waals surface area contributed by atoms with Crippen LogP contribution in [0.2, 0.25) is 0 Å². The second kappa shape index (κ2) is 9.06. The molecule has 0 saturated heterocycles. The summed E-state index contributed by atoms with van der Waals surface area (Å²) < 4.78 is 11.0. The van der Waals surface area contributed by atoms with Gasteiger partial charge in [0.2, 0.25) is 0 Å². The van der Waals surface area contributed by atoms with E-state index in [1.165, 1.54) is 0 Å². The van der Waals surface area contributed by atoms with Crippen molar-refractivity contribution in [1.82, 2.24) is 0 Å². The van der Waals surface area contributed by atoms with Crippen LogP contribution in [-0.2, 0) is 4.79 Å². The fourth-order valence-electron chi connectivity index (χ4n) is 4.82. The highest BCUT2D eigenvalue weighted by molar-refractivity contribution is 6.11. The maximum atomic E-state index is 14.1. The molecule has 1 aliphatic heterocycles. The smallest absolute Gasteiger partial charge is 0.259 e. The van der Waals surface area contributed by atoms with Crippen molar-refractivity contribution in [3.8, 4) is 11.5 Å². The molecule has 2 aliphatic rings. The third kappa shape index (κ3) is 3.71. The van der Waals surface area contributed by atoms with Crippen LogP contribution in [0, 0.1) is 0 Å². The van der Waals surface area contributed by atoms with Crippen molar-refractivity contribution in [1.29, 1.82) is 0 Å². The van der Waals surface area contributed by atoms with Crippen molar-refractivity contribution < 1.29 is 19.1 Å². The average Bonchev–Trinajstić information content (AvgIpc) is 3.03. The number of nitrogens with zero attached hydrogens (tertiary/aromatic N) is 1. The van der Waals surface area contributed by atoms with E-state index < -0.39 is 6.04 Å². The minimum absolute atomic E-state index is 0.0483. The van der Waals surface area contributed by atoms with Gasteiger partial charge in [-0.2, -0.15) is 0 Å². The van der Waals surface area contributed by atoms with Crippen LogP contribution in [-0.4, -0.2) is 25.9 Å². The molecule has 6 nitrogen and oxygen atoms in total. The lowest BCUT2D eigenvalue weighted by Crippen LogP contribution is -2.38. The molecule has 6 heteroatoms. The molecule has 1 atom stereocenters. The fourth-order valence-corrected chi connectivity index (χ4v) is 4.82. The standard InChI is InChI=1S/C28H26N2O4/c1-33-24-16-15-19(17-25(24)34-2)27-26-21(12-8-14-23(26)31)29-20-11-6-7-13-22(20)30(27)28(32)18-9-4-3-5-10-18/h3-7,9-11,13,15-17,27,29H,8,12,14H2,1-2H3. The third-order valence-electron chi connectivity index (χ3n) is 6.40. The van der Waals surface area contributed by atoms with Crippen molar-refractivity contribution in [3.63, 3.8) is 0 Å². The molecule has 1 heterocycles. The van der Waals surface area contributed by atoms with Crippen molar-refractivity contribution in [2.45, 2.75) is 25.3 Å². The number of hydrogen-bond acceptors (Lipinski definition) is 5. The zero-order chi connectivity index (χ0) is 23.7. The van der Waals surface area contributed by atoms with E-state index in [-0.39, 0.29) is 11.7 Å². The topological polar surface area (TPSA) is 67.9 Å². The number of Topliss-reactive ketones (excluding diaryl/α,β-unsaturated/α-hetero) is 1. The van der Waals surface area contributed by atoms with E-state index in [0.29, 0.717) is 29.1 Å². The summed E-state index contributed by atoms with van der Waals surface area (Å²) in [5.41, 5.74) is 4.35. The van der Waals surface area contributed by atoms with Crippen molar-refractivity contribution in [2.75, 3.05) is 24.4 Å². The summed E-state index contributed by atoms with van der Waals surface area (Å²) in [7, 11) is 3.16. The lowest BCUT2D eigenvalue weighted by atomic mass is 9.85. The molecule has 3 aromatic carbocycles. The molecule has 1 amide bonds. The predicted octanol–water partition coefficient (Wildman–Crippen LogP) is 5.52. The van der Waals surface area contributed by atoms with Crippen LogP contribution >= 0.6 is 0 Å². The van der Waals surface area contributed by atoms with Crippen molar-refractivity contribution in [3.05, 3.63) is 95.2 Å². The van der Waals surface area contributed by atoms with Crippen LogP contribution in [0.15, 0.2) is 84.1 Å². The van der Waals surface area contributed by atoms with E-state index in [9.17, 15) is 9.59 Å². The van der Waals surface area contributed by atoms with Gasteiger partial charge in [-0.05, 0) is 54.8 Å². The highest BCUT2D eigenvalue weighted by Crippen LogP contribution is 2.46. The molecule has 1 N–H and O–H groups in total. The Morgan fingerprint density at radius 1 is 0.912 bits per heavy atom. The van der Waals surface area contributed by atoms with Gasteiger partial charge >= 0.3 is 0 Å². The van der Waals surface area contributed by atoms with Gasteiger partial charge in [0.15, 0.2) is 17.3 Å². The molecule has 0 radical (unpaired) electrons. The van der Waals surface area contributed by atoms with Crippen LogP contribution < -0.4 is 19.7 Å². The van der Waals surface area contributed by atoms with Gasteiger partial charge in [-0.15, -0.1) is 0 Å². The number of allylic oxidation sites excluding steroid dienone is 1. The highest BCUT2D eigenvalue weighted by atomic mass is 16.5. The Bertz CT molecular complexity index is 1280. The van der Waals surface area contributed by atoms with E-state index in [4.69, 9.17) is 9.47 Å². The van der Waals surface area contributed by atoms with E-state index >= 15 is 0 Å². The van der Waals surface area contributed by atoms with Crippen molar-refractivity contribution >= 4 is 23.1 Å². The Balaban J connectivity index is 1.79. The molecule has 0 fully saturated rings. The molecular formula is C28H26N2O4.